The molecule has 0 atom stereocenters. The fourth-order valence-corrected chi connectivity index (χ4v) is 3.88. The summed E-state index contributed by atoms with van der Waals surface area (Å²) in [5.41, 5.74) is 4.35. The first-order valence-electron chi connectivity index (χ1n) is 11.8. The molecule has 1 aliphatic rings. The van der Waals surface area contributed by atoms with E-state index in [1.165, 1.54) is 12.1 Å². The molecule has 15 heteroatoms. The van der Waals surface area contributed by atoms with Gasteiger partial charge in [-0.25, -0.2) is 15.0 Å². The fourth-order valence-electron chi connectivity index (χ4n) is 3.88. The van der Waals surface area contributed by atoms with Crippen LogP contribution in [0, 0.1) is 0 Å². The minimum absolute atomic E-state index is 0.000293. The highest BCUT2D eigenvalue weighted by Crippen LogP contribution is 2.38. The molecule has 0 saturated carbocycles. The van der Waals surface area contributed by atoms with Gasteiger partial charge < -0.3 is 19.9 Å². The number of nitrogens with one attached hydrogen (secondary N) is 1. The molecule has 3 heterocycles. The quantitative estimate of drug-likeness (QED) is 0.389. The number of nitrogens with two attached hydrogens (primary N) is 1. The summed E-state index contributed by atoms with van der Waals surface area (Å²) >= 11 is 0. The van der Waals surface area contributed by atoms with Crippen molar-refractivity contribution in [2.75, 3.05) is 50.5 Å². The number of halogens is 3. The van der Waals surface area contributed by atoms with Gasteiger partial charge in [0, 0.05) is 38.6 Å². The number of anilines is 2. The first-order chi connectivity index (χ1) is 18.2. The van der Waals surface area contributed by atoms with Crippen molar-refractivity contribution in [1.29, 1.82) is 0 Å². The summed E-state index contributed by atoms with van der Waals surface area (Å²) in [6.45, 7) is 5.26. The Morgan fingerprint density at radius 1 is 1.21 bits per heavy atom. The summed E-state index contributed by atoms with van der Waals surface area (Å²) in [6, 6.07) is 2.56. The second-order valence-electron chi connectivity index (χ2n) is 8.26. The van der Waals surface area contributed by atoms with Crippen molar-refractivity contribution < 1.29 is 32.2 Å². The number of hydrogen-bond acceptors (Lipinski definition) is 10. The number of benzene rings is 1. The number of nitrogen functional groups attached to an aromatic ring is 1. The van der Waals surface area contributed by atoms with Gasteiger partial charge in [0.1, 0.15) is 5.52 Å². The van der Waals surface area contributed by atoms with Crippen LogP contribution in [0.5, 0.6) is 11.5 Å². The average Bonchev–Trinajstić information content (AvgIpc) is 2.88. The topological polar surface area (TPSA) is 147 Å². The molecule has 1 saturated heterocycles. The van der Waals surface area contributed by atoms with Gasteiger partial charge in [-0.1, -0.05) is 0 Å². The SMILES string of the molecule is CCn1c(NC(=O)c2cnc(N)nc2)nc2c(OC(F)(F)F)c(OCCCN3CCOCC3)ccc2c1=O. The van der Waals surface area contributed by atoms with Crippen molar-refractivity contribution >= 4 is 28.7 Å². The van der Waals surface area contributed by atoms with Gasteiger partial charge in [0.05, 0.1) is 30.8 Å². The maximum absolute atomic E-state index is 13.4. The normalized spacial score (nSPS) is 14.4. The number of fused-ring (bicyclic) bond motifs is 1. The molecular formula is C23H26F3N7O5. The molecule has 4 rings (SSSR count). The molecule has 1 aliphatic heterocycles. The minimum atomic E-state index is -5.09. The molecule has 204 valence electrons. The molecular weight excluding hydrogens is 511 g/mol. The molecule has 1 aromatic carbocycles. The summed E-state index contributed by atoms with van der Waals surface area (Å²) in [4.78, 5) is 39.6. The number of rotatable bonds is 9. The molecule has 0 unspecified atom stereocenters. The number of amides is 1. The van der Waals surface area contributed by atoms with Crippen molar-refractivity contribution in [3.8, 4) is 11.5 Å². The lowest BCUT2D eigenvalue weighted by atomic mass is 10.2. The van der Waals surface area contributed by atoms with E-state index < -0.39 is 29.1 Å². The third-order valence-electron chi connectivity index (χ3n) is 5.72. The maximum Gasteiger partial charge on any atom is 0.573 e. The van der Waals surface area contributed by atoms with Crippen molar-refractivity contribution in [3.63, 3.8) is 0 Å². The lowest BCUT2D eigenvalue weighted by Crippen LogP contribution is -2.37. The van der Waals surface area contributed by atoms with Gasteiger partial charge in [-0.2, -0.15) is 0 Å². The van der Waals surface area contributed by atoms with Crippen LogP contribution in [0.15, 0.2) is 29.3 Å². The third-order valence-corrected chi connectivity index (χ3v) is 5.72. The smallest absolute Gasteiger partial charge is 0.490 e. The Hall–Kier alpha value is -3.98. The number of hydrogen-bond donors (Lipinski definition) is 2. The molecule has 2 aromatic heterocycles. The number of carbonyl (C=O) groups is 1. The van der Waals surface area contributed by atoms with E-state index in [4.69, 9.17) is 15.2 Å². The molecule has 0 bridgehead atoms. The highest BCUT2D eigenvalue weighted by atomic mass is 19.4. The Balaban J connectivity index is 1.66. The van der Waals surface area contributed by atoms with E-state index in [0.29, 0.717) is 26.2 Å². The van der Waals surface area contributed by atoms with Crippen molar-refractivity contribution in [1.82, 2.24) is 24.4 Å². The predicted molar refractivity (Wildman–Crippen MR) is 130 cm³/mol. The first kappa shape index (κ1) is 27.1. The van der Waals surface area contributed by atoms with E-state index in [1.54, 1.807) is 6.92 Å². The molecule has 12 nitrogen and oxygen atoms in total. The van der Waals surface area contributed by atoms with E-state index in [0.717, 1.165) is 30.1 Å². The van der Waals surface area contributed by atoms with Crippen LogP contribution < -0.4 is 26.1 Å². The van der Waals surface area contributed by atoms with Crippen molar-refractivity contribution in [2.45, 2.75) is 26.3 Å². The van der Waals surface area contributed by atoms with Crippen LogP contribution in [0.1, 0.15) is 23.7 Å². The Morgan fingerprint density at radius 3 is 2.58 bits per heavy atom. The van der Waals surface area contributed by atoms with Crippen LogP contribution in [0.25, 0.3) is 10.9 Å². The van der Waals surface area contributed by atoms with Crippen LogP contribution in [0.2, 0.25) is 0 Å². The standard InChI is InChI=1S/C23H26F3N7O5/c1-2-33-20(35)15-4-5-16(37-9-3-6-32-7-10-36-11-8-32)18(38-23(24,25)26)17(15)30-22(33)31-19(34)14-12-28-21(27)29-13-14/h4-5,12-13H,2-3,6-11H2,1H3,(H2,27,28,29)(H,30,31,34). The van der Waals surface area contributed by atoms with Crippen LogP contribution >= 0.6 is 0 Å². The highest BCUT2D eigenvalue weighted by molar-refractivity contribution is 6.03. The lowest BCUT2D eigenvalue weighted by Gasteiger charge is -2.26. The Bertz CT molecular complexity index is 1340. The van der Waals surface area contributed by atoms with Crippen LogP contribution in [0.3, 0.4) is 0 Å². The maximum atomic E-state index is 13.4. The van der Waals surface area contributed by atoms with Crippen molar-refractivity contribution in [2.24, 2.45) is 0 Å². The number of alkyl halides is 3. The zero-order valence-electron chi connectivity index (χ0n) is 20.5. The summed E-state index contributed by atoms with van der Waals surface area (Å²) in [5.74, 6) is -2.09. The zero-order chi connectivity index (χ0) is 27.3. The van der Waals surface area contributed by atoms with Crippen molar-refractivity contribution in [3.05, 3.63) is 40.4 Å². The molecule has 3 N–H and O–H groups in total. The third kappa shape index (κ3) is 6.47. The number of ether oxygens (including phenoxy) is 3. The number of morpholine rings is 1. The summed E-state index contributed by atoms with van der Waals surface area (Å²) < 4.78 is 56.5. The summed E-state index contributed by atoms with van der Waals surface area (Å²) in [6.07, 6.45) is -2.23. The molecule has 3 aromatic rings. The lowest BCUT2D eigenvalue weighted by molar-refractivity contribution is -0.274. The largest absolute Gasteiger partial charge is 0.573 e. The minimum Gasteiger partial charge on any atom is -0.490 e. The highest BCUT2D eigenvalue weighted by Gasteiger charge is 2.34. The number of carbonyl (C=O) groups excluding carboxylic acids is 1. The van der Waals surface area contributed by atoms with E-state index in [9.17, 15) is 22.8 Å². The van der Waals surface area contributed by atoms with Crippen LogP contribution in [0.4, 0.5) is 25.1 Å². The fraction of sp³-hybridized carbons (Fsp3) is 0.435. The van der Waals surface area contributed by atoms with Gasteiger partial charge in [0.25, 0.3) is 11.5 Å². The number of aromatic nitrogens is 4. The molecule has 1 fully saturated rings. The van der Waals surface area contributed by atoms with Gasteiger partial charge in [0.15, 0.2) is 11.5 Å². The van der Waals surface area contributed by atoms with Gasteiger partial charge in [-0.3, -0.25) is 24.4 Å². The van der Waals surface area contributed by atoms with Gasteiger partial charge in [-0.05, 0) is 25.5 Å². The predicted octanol–water partition coefficient (Wildman–Crippen LogP) is 2.04. The molecule has 0 aliphatic carbocycles. The Morgan fingerprint density at radius 2 is 1.92 bits per heavy atom. The molecule has 38 heavy (non-hydrogen) atoms. The molecule has 0 spiro atoms. The second-order valence-corrected chi connectivity index (χ2v) is 8.26. The number of nitrogens with zero attached hydrogens (tertiary/aromatic N) is 5. The summed E-state index contributed by atoms with van der Waals surface area (Å²) in [5, 5.41) is 2.29. The summed E-state index contributed by atoms with van der Waals surface area (Å²) in [7, 11) is 0. The van der Waals surface area contributed by atoms with E-state index in [2.05, 4.69) is 29.9 Å². The van der Waals surface area contributed by atoms with Gasteiger partial charge >= 0.3 is 6.36 Å². The van der Waals surface area contributed by atoms with Crippen LogP contribution in [-0.2, 0) is 11.3 Å². The average molecular weight is 537 g/mol. The molecule has 0 radical (unpaired) electrons. The zero-order valence-corrected chi connectivity index (χ0v) is 20.5. The van der Waals surface area contributed by atoms with Gasteiger partial charge in [-0.15, -0.1) is 13.2 Å². The Kier molecular flexibility index (Phi) is 8.26. The van der Waals surface area contributed by atoms with E-state index in [1.807, 2.05) is 0 Å². The monoisotopic (exact) mass is 537 g/mol. The van der Waals surface area contributed by atoms with E-state index >= 15 is 0 Å². The first-order valence-corrected chi connectivity index (χ1v) is 11.8. The molecule has 1 amide bonds. The van der Waals surface area contributed by atoms with Gasteiger partial charge in [0.2, 0.25) is 11.9 Å². The van der Waals surface area contributed by atoms with E-state index in [-0.39, 0.29) is 41.7 Å². The van der Waals surface area contributed by atoms with Crippen LogP contribution in [-0.4, -0.2) is 76.1 Å². The second kappa shape index (κ2) is 11.6. The Labute approximate surface area is 214 Å².